The molecule has 136 valence electrons. The van der Waals surface area contributed by atoms with Gasteiger partial charge in [-0.15, -0.1) is 0 Å². The van der Waals surface area contributed by atoms with Crippen molar-refractivity contribution in [2.24, 2.45) is 0 Å². The Morgan fingerprint density at radius 2 is 1.88 bits per heavy atom. The van der Waals surface area contributed by atoms with Gasteiger partial charge in [-0.1, -0.05) is 6.92 Å². The van der Waals surface area contributed by atoms with Crippen LogP contribution in [0.15, 0.2) is 18.2 Å². The van der Waals surface area contributed by atoms with E-state index in [9.17, 15) is 10.4 Å². The van der Waals surface area contributed by atoms with Crippen LogP contribution in [0.4, 0.5) is 11.4 Å². The first-order chi connectivity index (χ1) is 12.2. The Balaban J connectivity index is 1.61. The molecule has 2 saturated heterocycles. The molecule has 3 rings (SSSR count). The third-order valence-corrected chi connectivity index (χ3v) is 5.42. The van der Waals surface area contributed by atoms with Gasteiger partial charge < -0.3 is 20.2 Å². The second-order valence-corrected chi connectivity index (χ2v) is 7.32. The van der Waals surface area contributed by atoms with Gasteiger partial charge in [0.2, 0.25) is 0 Å². The first kappa shape index (κ1) is 18.0. The van der Waals surface area contributed by atoms with Crippen LogP contribution < -0.4 is 10.2 Å². The maximum atomic E-state index is 9.67. The van der Waals surface area contributed by atoms with Crippen molar-refractivity contribution in [1.82, 2.24) is 4.90 Å². The molecule has 0 amide bonds. The van der Waals surface area contributed by atoms with Gasteiger partial charge in [-0.25, -0.2) is 0 Å². The number of hydrogen-bond acceptors (Lipinski definition) is 5. The molecule has 0 spiro atoms. The minimum atomic E-state index is -0.193. The van der Waals surface area contributed by atoms with Crippen LogP contribution in [0.5, 0.6) is 0 Å². The summed E-state index contributed by atoms with van der Waals surface area (Å²) < 4.78 is 0. The summed E-state index contributed by atoms with van der Waals surface area (Å²) in [6.45, 7) is 7.38. The summed E-state index contributed by atoms with van der Waals surface area (Å²) in [5.41, 5.74) is 2.77. The molecule has 0 saturated carbocycles. The number of hydrogen-bond donors (Lipinski definition) is 2. The van der Waals surface area contributed by atoms with E-state index in [0.29, 0.717) is 6.04 Å². The molecule has 1 aromatic carbocycles. The highest BCUT2D eigenvalue weighted by molar-refractivity contribution is 5.65. The number of rotatable bonds is 5. The third-order valence-electron chi connectivity index (χ3n) is 5.42. The summed E-state index contributed by atoms with van der Waals surface area (Å²) in [6.07, 6.45) is 4.91. The van der Waals surface area contributed by atoms with Gasteiger partial charge in [0.1, 0.15) is 6.07 Å². The van der Waals surface area contributed by atoms with E-state index in [2.05, 4.69) is 40.2 Å². The lowest BCUT2D eigenvalue weighted by Gasteiger charge is -2.33. The normalized spacial score (nSPS) is 20.4. The molecule has 25 heavy (non-hydrogen) atoms. The number of benzene rings is 1. The smallest absolute Gasteiger partial charge is 0.101 e. The van der Waals surface area contributed by atoms with E-state index in [1.54, 1.807) is 0 Å². The maximum Gasteiger partial charge on any atom is 0.101 e. The molecule has 2 fully saturated rings. The van der Waals surface area contributed by atoms with Crippen LogP contribution in [0.2, 0.25) is 0 Å². The number of piperidine rings is 2. The van der Waals surface area contributed by atoms with E-state index >= 15 is 0 Å². The molecule has 2 aliphatic heterocycles. The van der Waals surface area contributed by atoms with E-state index in [4.69, 9.17) is 0 Å². The lowest BCUT2D eigenvalue weighted by Crippen LogP contribution is -2.39. The van der Waals surface area contributed by atoms with Gasteiger partial charge >= 0.3 is 0 Å². The molecule has 2 aliphatic rings. The fourth-order valence-electron chi connectivity index (χ4n) is 3.95. The molecule has 0 atom stereocenters. The summed E-state index contributed by atoms with van der Waals surface area (Å²) in [5.74, 6) is 0. The van der Waals surface area contributed by atoms with Gasteiger partial charge in [-0.05, 0) is 56.8 Å². The van der Waals surface area contributed by atoms with Crippen molar-refractivity contribution < 1.29 is 5.11 Å². The average molecular weight is 342 g/mol. The summed E-state index contributed by atoms with van der Waals surface area (Å²) in [6, 6.07) is 8.99. The first-order valence-electron chi connectivity index (χ1n) is 9.65. The lowest BCUT2D eigenvalue weighted by molar-refractivity contribution is 0.145. The van der Waals surface area contributed by atoms with Crippen LogP contribution >= 0.6 is 0 Å². The molecule has 1 aromatic rings. The van der Waals surface area contributed by atoms with Gasteiger partial charge in [-0.3, -0.25) is 0 Å². The summed E-state index contributed by atoms with van der Waals surface area (Å²) in [5, 5.41) is 22.9. The Bertz CT molecular complexity index is 596. The van der Waals surface area contributed by atoms with E-state index < -0.39 is 0 Å². The molecule has 5 heteroatoms. The summed E-state index contributed by atoms with van der Waals surface area (Å²) >= 11 is 0. The molecule has 0 bridgehead atoms. The van der Waals surface area contributed by atoms with Gasteiger partial charge in [0.05, 0.1) is 17.4 Å². The van der Waals surface area contributed by atoms with Crippen LogP contribution in [0.25, 0.3) is 0 Å². The lowest BCUT2D eigenvalue weighted by atomic mass is 10.0. The van der Waals surface area contributed by atoms with Crippen molar-refractivity contribution in [2.45, 2.75) is 51.2 Å². The molecule has 0 unspecified atom stereocenters. The molecule has 5 nitrogen and oxygen atoms in total. The quantitative estimate of drug-likeness (QED) is 0.861. The van der Waals surface area contributed by atoms with E-state index in [1.807, 2.05) is 6.07 Å². The van der Waals surface area contributed by atoms with Crippen LogP contribution in [-0.4, -0.2) is 54.9 Å². The van der Waals surface area contributed by atoms with Gasteiger partial charge in [0.25, 0.3) is 0 Å². The average Bonchev–Trinajstić information content (AvgIpc) is 2.64. The number of nitrogens with zero attached hydrogens (tertiary/aromatic N) is 3. The largest absolute Gasteiger partial charge is 0.393 e. The SMILES string of the molecule is CCCN1CCC(Nc2ccc(N3CCC(O)CC3)c(C#N)c2)CC1. The van der Waals surface area contributed by atoms with E-state index in [0.717, 1.165) is 68.8 Å². The number of aliphatic hydroxyl groups is 1. The summed E-state index contributed by atoms with van der Waals surface area (Å²) in [4.78, 5) is 4.76. The number of likely N-dealkylation sites (tertiary alicyclic amines) is 1. The zero-order valence-electron chi connectivity index (χ0n) is 15.2. The Kier molecular flexibility index (Phi) is 6.17. The highest BCUT2D eigenvalue weighted by atomic mass is 16.3. The Hall–Kier alpha value is -1.77. The number of nitriles is 1. The second kappa shape index (κ2) is 8.55. The topological polar surface area (TPSA) is 62.5 Å². The fourth-order valence-corrected chi connectivity index (χ4v) is 3.95. The molecule has 0 aromatic heterocycles. The van der Waals surface area contributed by atoms with Crippen molar-refractivity contribution in [3.05, 3.63) is 23.8 Å². The highest BCUT2D eigenvalue weighted by Crippen LogP contribution is 2.27. The van der Waals surface area contributed by atoms with Gasteiger partial charge in [0, 0.05) is 37.9 Å². The molecule has 2 N–H and O–H groups in total. The fraction of sp³-hybridized carbons (Fsp3) is 0.650. The molecular weight excluding hydrogens is 312 g/mol. The minimum absolute atomic E-state index is 0.193. The Labute approximate surface area is 151 Å². The van der Waals surface area contributed by atoms with Crippen LogP contribution in [-0.2, 0) is 0 Å². The van der Waals surface area contributed by atoms with Crippen LogP contribution in [0.3, 0.4) is 0 Å². The number of anilines is 2. The zero-order valence-corrected chi connectivity index (χ0v) is 15.2. The van der Waals surface area contributed by atoms with Crippen molar-refractivity contribution in [3.8, 4) is 6.07 Å². The van der Waals surface area contributed by atoms with Crippen LogP contribution in [0, 0.1) is 11.3 Å². The standard InChI is InChI=1S/C20H30N4O/c1-2-9-23-10-5-17(6-11-23)22-18-3-4-20(16(14-18)15-21)24-12-7-19(25)8-13-24/h3-4,14,17,19,22,25H,2,5-13H2,1H3. The van der Waals surface area contributed by atoms with Gasteiger partial charge in [-0.2, -0.15) is 5.26 Å². The van der Waals surface area contributed by atoms with Crippen molar-refractivity contribution in [1.29, 1.82) is 5.26 Å². The summed E-state index contributed by atoms with van der Waals surface area (Å²) in [7, 11) is 0. The molecule has 2 heterocycles. The molecule has 0 aliphatic carbocycles. The van der Waals surface area contributed by atoms with E-state index in [1.165, 1.54) is 13.0 Å². The Morgan fingerprint density at radius 1 is 1.16 bits per heavy atom. The minimum Gasteiger partial charge on any atom is -0.393 e. The first-order valence-corrected chi connectivity index (χ1v) is 9.65. The predicted octanol–water partition coefficient (Wildman–Crippen LogP) is 2.81. The predicted molar refractivity (Wildman–Crippen MR) is 102 cm³/mol. The molecular formula is C20H30N4O. The maximum absolute atomic E-state index is 9.67. The van der Waals surface area contributed by atoms with Gasteiger partial charge in [0.15, 0.2) is 0 Å². The second-order valence-electron chi connectivity index (χ2n) is 7.32. The highest BCUT2D eigenvalue weighted by Gasteiger charge is 2.21. The number of nitrogens with one attached hydrogen (secondary N) is 1. The third kappa shape index (κ3) is 4.65. The van der Waals surface area contributed by atoms with E-state index in [-0.39, 0.29) is 6.10 Å². The molecule has 0 radical (unpaired) electrons. The van der Waals surface area contributed by atoms with Crippen LogP contribution in [0.1, 0.15) is 44.6 Å². The number of aliphatic hydroxyl groups excluding tert-OH is 1. The van der Waals surface area contributed by atoms with Crippen molar-refractivity contribution in [3.63, 3.8) is 0 Å². The zero-order chi connectivity index (χ0) is 17.6. The van der Waals surface area contributed by atoms with Crippen molar-refractivity contribution >= 4 is 11.4 Å². The Morgan fingerprint density at radius 3 is 2.52 bits per heavy atom. The van der Waals surface area contributed by atoms with Crippen molar-refractivity contribution in [2.75, 3.05) is 42.9 Å². The monoisotopic (exact) mass is 342 g/mol.